The molecule has 0 fully saturated rings. The highest BCUT2D eigenvalue weighted by Crippen LogP contribution is 2.36. The average molecular weight is 534 g/mol. The first-order chi connectivity index (χ1) is 17.9. The number of hydrogen-bond donors (Lipinski definition) is 3. The standard InChI is InChI=1S/C23H16FN7S2.C3H8O/c1-13-6-7-14(10-28-13)20-16(8-25)21(27)31-22(17(20)9-26)32-11-15-12-33-23(29-15)30-19-5-3-2-4-18(19)24;1-2-3-4/h2-7,10,12H,11H2,1H3,(H2,27,31)(H,29,30);4H,2-3H2,1H3. The highest BCUT2D eigenvalue weighted by atomic mass is 32.2. The first kappa shape index (κ1) is 27.6. The SMILES string of the molecule is CCCO.Cc1ccc(-c2c(C#N)c(N)nc(SCc3csc(Nc4ccccc4F)n3)c2C#N)cn1. The lowest BCUT2D eigenvalue weighted by atomic mass is 9.98. The lowest BCUT2D eigenvalue weighted by molar-refractivity contribution is 0.295. The molecule has 0 atom stereocenters. The summed E-state index contributed by atoms with van der Waals surface area (Å²) in [5, 5.41) is 33.2. The second kappa shape index (κ2) is 13.3. The number of hydrogen-bond acceptors (Lipinski definition) is 10. The Kier molecular flexibility index (Phi) is 9.92. The summed E-state index contributed by atoms with van der Waals surface area (Å²) in [5.74, 6) is 0.0982. The van der Waals surface area contributed by atoms with Gasteiger partial charge in [0.25, 0.3) is 0 Å². The van der Waals surface area contributed by atoms with Gasteiger partial charge < -0.3 is 16.2 Å². The van der Waals surface area contributed by atoms with Crippen molar-refractivity contribution < 1.29 is 9.50 Å². The molecule has 0 radical (unpaired) electrons. The van der Waals surface area contributed by atoms with Gasteiger partial charge in [-0.15, -0.1) is 11.3 Å². The molecule has 0 aliphatic rings. The molecule has 0 saturated carbocycles. The van der Waals surface area contributed by atoms with Crippen LogP contribution < -0.4 is 11.1 Å². The van der Waals surface area contributed by atoms with Gasteiger partial charge in [-0.3, -0.25) is 4.98 Å². The monoisotopic (exact) mass is 533 g/mol. The number of rotatable bonds is 7. The number of aromatic nitrogens is 3. The molecule has 8 nitrogen and oxygen atoms in total. The van der Waals surface area contributed by atoms with Crippen molar-refractivity contribution in [1.82, 2.24) is 15.0 Å². The van der Waals surface area contributed by atoms with E-state index in [9.17, 15) is 14.9 Å². The van der Waals surface area contributed by atoms with E-state index in [2.05, 4.69) is 32.4 Å². The van der Waals surface area contributed by atoms with Gasteiger partial charge >= 0.3 is 0 Å². The lowest BCUT2D eigenvalue weighted by Gasteiger charge is -2.12. The Morgan fingerprint density at radius 3 is 2.49 bits per heavy atom. The number of para-hydroxylation sites is 1. The van der Waals surface area contributed by atoms with Gasteiger partial charge in [-0.25, -0.2) is 14.4 Å². The van der Waals surface area contributed by atoms with Crippen LogP contribution >= 0.6 is 23.1 Å². The van der Waals surface area contributed by atoms with Crippen LogP contribution in [0.5, 0.6) is 0 Å². The number of nitrogens with one attached hydrogen (secondary N) is 1. The number of nitrogens with zero attached hydrogens (tertiary/aromatic N) is 5. The minimum absolute atomic E-state index is 0.0507. The maximum absolute atomic E-state index is 13.9. The van der Waals surface area contributed by atoms with E-state index in [1.807, 2.05) is 19.2 Å². The van der Waals surface area contributed by atoms with Gasteiger partial charge in [-0.2, -0.15) is 10.5 Å². The molecule has 4 N–H and O–H groups in total. The average Bonchev–Trinajstić information content (AvgIpc) is 3.36. The number of thioether (sulfide) groups is 1. The molecule has 37 heavy (non-hydrogen) atoms. The van der Waals surface area contributed by atoms with Crippen molar-refractivity contribution in [1.29, 1.82) is 10.5 Å². The number of nitrogen functional groups attached to an aromatic ring is 1. The summed E-state index contributed by atoms with van der Waals surface area (Å²) in [6, 6.07) is 14.2. The van der Waals surface area contributed by atoms with Gasteiger partial charge in [-0.1, -0.05) is 36.9 Å². The van der Waals surface area contributed by atoms with Crippen LogP contribution in [-0.2, 0) is 5.75 Å². The van der Waals surface area contributed by atoms with E-state index < -0.39 is 0 Å². The van der Waals surface area contributed by atoms with Crippen LogP contribution in [0.3, 0.4) is 0 Å². The molecular weight excluding hydrogens is 509 g/mol. The Labute approximate surface area is 222 Å². The van der Waals surface area contributed by atoms with E-state index in [0.29, 0.717) is 39.3 Å². The van der Waals surface area contributed by atoms with Crippen LogP contribution in [0.25, 0.3) is 11.1 Å². The number of aliphatic hydroxyl groups excluding tert-OH is 1. The van der Waals surface area contributed by atoms with Gasteiger partial charge in [0.15, 0.2) is 5.13 Å². The van der Waals surface area contributed by atoms with Gasteiger partial charge in [0.2, 0.25) is 0 Å². The van der Waals surface area contributed by atoms with Crippen molar-refractivity contribution in [2.75, 3.05) is 17.7 Å². The summed E-state index contributed by atoms with van der Waals surface area (Å²) in [7, 11) is 0. The summed E-state index contributed by atoms with van der Waals surface area (Å²) in [4.78, 5) is 13.1. The van der Waals surface area contributed by atoms with E-state index in [1.54, 1.807) is 36.5 Å². The summed E-state index contributed by atoms with van der Waals surface area (Å²) < 4.78 is 13.9. The molecule has 0 unspecified atom stereocenters. The van der Waals surface area contributed by atoms with Gasteiger partial charge in [0.1, 0.15) is 34.4 Å². The molecule has 3 heterocycles. The molecule has 0 amide bonds. The first-order valence-electron chi connectivity index (χ1n) is 11.2. The predicted molar refractivity (Wildman–Crippen MR) is 145 cm³/mol. The van der Waals surface area contributed by atoms with Crippen LogP contribution in [-0.4, -0.2) is 26.7 Å². The minimum atomic E-state index is -0.363. The fraction of sp³-hybridized carbons (Fsp3) is 0.192. The van der Waals surface area contributed by atoms with Crippen LogP contribution in [0.15, 0.2) is 53.0 Å². The third-order valence-corrected chi connectivity index (χ3v) is 6.68. The number of aryl methyl sites for hydroxylation is 1. The molecule has 4 aromatic rings. The van der Waals surface area contributed by atoms with Crippen LogP contribution in [0.4, 0.5) is 21.0 Å². The number of thiazole rings is 1. The Bertz CT molecular complexity index is 1440. The molecule has 0 aliphatic heterocycles. The molecule has 188 valence electrons. The van der Waals surface area contributed by atoms with Gasteiger partial charge in [0.05, 0.1) is 16.9 Å². The summed E-state index contributed by atoms with van der Waals surface area (Å²) in [6.07, 6.45) is 2.49. The lowest BCUT2D eigenvalue weighted by Crippen LogP contribution is -2.03. The number of halogens is 1. The predicted octanol–water partition coefficient (Wildman–Crippen LogP) is 5.80. The quantitative estimate of drug-likeness (QED) is 0.251. The zero-order chi connectivity index (χ0) is 26.8. The van der Waals surface area contributed by atoms with Crippen molar-refractivity contribution in [2.24, 2.45) is 0 Å². The number of benzene rings is 1. The molecule has 0 spiro atoms. The van der Waals surface area contributed by atoms with Crippen LogP contribution in [0.1, 0.15) is 35.9 Å². The number of anilines is 3. The van der Waals surface area contributed by atoms with Gasteiger partial charge in [0, 0.05) is 40.8 Å². The molecule has 3 aromatic heterocycles. The van der Waals surface area contributed by atoms with Crippen molar-refractivity contribution >= 4 is 39.7 Å². The summed E-state index contributed by atoms with van der Waals surface area (Å²) in [5.41, 5.74) is 9.40. The molecular formula is C26H24FN7OS2. The summed E-state index contributed by atoms with van der Waals surface area (Å²) >= 11 is 2.64. The van der Waals surface area contributed by atoms with Crippen LogP contribution in [0, 0.1) is 35.4 Å². The Morgan fingerprint density at radius 1 is 1.14 bits per heavy atom. The van der Waals surface area contributed by atoms with E-state index in [4.69, 9.17) is 10.8 Å². The van der Waals surface area contributed by atoms with Crippen LogP contribution in [0.2, 0.25) is 0 Å². The molecule has 0 bridgehead atoms. The highest BCUT2D eigenvalue weighted by molar-refractivity contribution is 7.98. The number of nitriles is 2. The van der Waals surface area contributed by atoms with Crippen molar-refractivity contribution in [3.05, 3.63) is 76.3 Å². The molecule has 11 heteroatoms. The summed E-state index contributed by atoms with van der Waals surface area (Å²) in [6.45, 7) is 4.10. The zero-order valence-electron chi connectivity index (χ0n) is 20.2. The Morgan fingerprint density at radius 2 is 1.86 bits per heavy atom. The zero-order valence-corrected chi connectivity index (χ0v) is 21.8. The fourth-order valence-electron chi connectivity index (χ4n) is 3.06. The van der Waals surface area contributed by atoms with Crippen molar-refractivity contribution in [2.45, 2.75) is 31.0 Å². The smallest absolute Gasteiger partial charge is 0.187 e. The van der Waals surface area contributed by atoms with E-state index >= 15 is 0 Å². The third kappa shape index (κ3) is 7.02. The normalized spacial score (nSPS) is 10.1. The fourth-order valence-corrected chi connectivity index (χ4v) is 4.77. The minimum Gasteiger partial charge on any atom is -0.396 e. The maximum atomic E-state index is 13.9. The molecule has 1 aromatic carbocycles. The first-order valence-corrected chi connectivity index (χ1v) is 13.0. The van der Waals surface area contributed by atoms with Crippen molar-refractivity contribution in [3.63, 3.8) is 0 Å². The van der Waals surface area contributed by atoms with E-state index in [1.165, 1.54) is 29.2 Å². The van der Waals surface area contributed by atoms with Crippen molar-refractivity contribution in [3.8, 4) is 23.3 Å². The largest absolute Gasteiger partial charge is 0.396 e. The Hall–Kier alpha value is -4.03. The number of aliphatic hydroxyl groups is 1. The number of pyridine rings is 2. The topological polar surface area (TPSA) is 145 Å². The Balaban J connectivity index is 0.000000886. The molecule has 4 rings (SSSR count). The van der Waals surface area contributed by atoms with E-state index in [0.717, 1.165) is 17.8 Å². The second-order valence-corrected chi connectivity index (χ2v) is 9.42. The van der Waals surface area contributed by atoms with E-state index in [-0.39, 0.29) is 22.8 Å². The molecule has 0 saturated heterocycles. The van der Waals surface area contributed by atoms with Gasteiger partial charge in [-0.05, 0) is 31.5 Å². The maximum Gasteiger partial charge on any atom is 0.187 e. The third-order valence-electron chi connectivity index (χ3n) is 4.86. The highest BCUT2D eigenvalue weighted by Gasteiger charge is 2.21. The number of nitrogens with two attached hydrogens (primary N) is 1. The second-order valence-electron chi connectivity index (χ2n) is 7.60. The molecule has 0 aliphatic carbocycles.